The van der Waals surface area contributed by atoms with Gasteiger partial charge in [-0.2, -0.15) is 0 Å². The first-order chi connectivity index (χ1) is 7.87. The molecule has 1 aromatic rings. The highest BCUT2D eigenvalue weighted by Gasteiger charge is 2.40. The van der Waals surface area contributed by atoms with Crippen LogP contribution in [0.2, 0.25) is 0 Å². The Balaban J connectivity index is 2.59. The summed E-state index contributed by atoms with van der Waals surface area (Å²) >= 11 is 0. The summed E-state index contributed by atoms with van der Waals surface area (Å²) in [5, 5.41) is 2.59. The molecular formula is C13H17FN2O. The van der Waals surface area contributed by atoms with Crippen LogP contribution in [0.5, 0.6) is 0 Å². The minimum atomic E-state index is -0.695. The van der Waals surface area contributed by atoms with Crippen LogP contribution in [0.25, 0.3) is 0 Å². The number of nitrogens with one attached hydrogen (secondary N) is 1. The molecule has 0 saturated carbocycles. The van der Waals surface area contributed by atoms with Crippen molar-refractivity contribution in [1.29, 1.82) is 0 Å². The van der Waals surface area contributed by atoms with Crippen LogP contribution >= 0.6 is 0 Å². The van der Waals surface area contributed by atoms with Gasteiger partial charge in [-0.25, -0.2) is 4.39 Å². The number of benzene rings is 1. The lowest BCUT2D eigenvalue weighted by atomic mass is 9.84. The van der Waals surface area contributed by atoms with Crippen LogP contribution in [-0.2, 0) is 10.2 Å². The first-order valence-corrected chi connectivity index (χ1v) is 5.79. The number of amides is 1. The Bertz CT molecular complexity index is 483. The van der Waals surface area contributed by atoms with E-state index in [1.807, 2.05) is 13.0 Å². The van der Waals surface area contributed by atoms with Crippen LogP contribution in [0.15, 0.2) is 12.1 Å². The zero-order chi connectivity index (χ0) is 12.8. The fourth-order valence-corrected chi connectivity index (χ4v) is 2.09. The molecule has 0 aliphatic carbocycles. The van der Waals surface area contributed by atoms with Gasteiger partial charge in [-0.1, -0.05) is 13.0 Å². The van der Waals surface area contributed by atoms with Crippen molar-refractivity contribution in [3.8, 4) is 0 Å². The van der Waals surface area contributed by atoms with Crippen LogP contribution in [0.4, 0.5) is 10.1 Å². The maximum Gasteiger partial charge on any atom is 0.234 e. The van der Waals surface area contributed by atoms with Gasteiger partial charge in [0.25, 0.3) is 0 Å². The highest BCUT2D eigenvalue weighted by molar-refractivity contribution is 6.05. The number of nitrogens with two attached hydrogens (primary N) is 1. The number of carbonyl (C=O) groups is 1. The molecule has 3 N–H and O–H groups in total. The number of halogens is 1. The Labute approximate surface area is 100 Å². The fraction of sp³-hybridized carbons (Fsp3) is 0.462. The van der Waals surface area contributed by atoms with Gasteiger partial charge in [0.15, 0.2) is 0 Å². The molecule has 1 aliphatic heterocycles. The molecule has 1 aromatic carbocycles. The predicted molar refractivity (Wildman–Crippen MR) is 65.3 cm³/mol. The number of anilines is 1. The van der Waals surface area contributed by atoms with Crippen LogP contribution in [0.1, 0.15) is 44.4 Å². The van der Waals surface area contributed by atoms with E-state index in [1.54, 1.807) is 13.8 Å². The lowest BCUT2D eigenvalue weighted by Crippen LogP contribution is -2.27. The third kappa shape index (κ3) is 1.72. The first kappa shape index (κ1) is 12.0. The molecule has 2 rings (SSSR count). The van der Waals surface area contributed by atoms with Gasteiger partial charge in [-0.15, -0.1) is 0 Å². The highest BCUT2D eigenvalue weighted by Crippen LogP contribution is 2.40. The van der Waals surface area contributed by atoms with E-state index in [-0.39, 0.29) is 11.9 Å². The average Bonchev–Trinajstić information content (AvgIpc) is 2.51. The molecule has 0 bridgehead atoms. The summed E-state index contributed by atoms with van der Waals surface area (Å²) in [6.45, 7) is 5.52. The summed E-state index contributed by atoms with van der Waals surface area (Å²) in [5.41, 5.74) is 6.95. The molecule has 17 heavy (non-hydrogen) atoms. The zero-order valence-electron chi connectivity index (χ0n) is 10.3. The Hall–Kier alpha value is -1.42. The van der Waals surface area contributed by atoms with E-state index >= 15 is 0 Å². The molecule has 1 amide bonds. The number of carbonyl (C=O) groups excluding carboxylic acids is 1. The van der Waals surface area contributed by atoms with Crippen LogP contribution in [0.3, 0.4) is 0 Å². The second-order valence-electron chi connectivity index (χ2n) is 5.02. The van der Waals surface area contributed by atoms with Gasteiger partial charge in [0.1, 0.15) is 5.82 Å². The summed E-state index contributed by atoms with van der Waals surface area (Å²) < 4.78 is 13.9. The van der Waals surface area contributed by atoms with Gasteiger partial charge in [0.05, 0.1) is 11.1 Å². The molecule has 0 radical (unpaired) electrons. The first-order valence-electron chi connectivity index (χ1n) is 5.79. The van der Waals surface area contributed by atoms with Gasteiger partial charge < -0.3 is 11.1 Å². The van der Waals surface area contributed by atoms with Gasteiger partial charge in [0, 0.05) is 6.04 Å². The molecule has 0 saturated heterocycles. The Kier molecular flexibility index (Phi) is 2.70. The Morgan fingerprint density at radius 3 is 2.71 bits per heavy atom. The summed E-state index contributed by atoms with van der Waals surface area (Å²) in [7, 11) is 0. The molecule has 1 aliphatic rings. The monoisotopic (exact) mass is 236 g/mol. The van der Waals surface area contributed by atoms with E-state index in [0.29, 0.717) is 11.3 Å². The normalized spacial score (nSPS) is 18.8. The van der Waals surface area contributed by atoms with E-state index in [1.165, 1.54) is 6.07 Å². The predicted octanol–water partition coefficient (Wildman–Crippen LogP) is 2.47. The van der Waals surface area contributed by atoms with Crippen molar-refractivity contribution in [3.63, 3.8) is 0 Å². The molecule has 1 unspecified atom stereocenters. The van der Waals surface area contributed by atoms with Gasteiger partial charge >= 0.3 is 0 Å². The second kappa shape index (κ2) is 3.81. The fourth-order valence-electron chi connectivity index (χ4n) is 2.09. The van der Waals surface area contributed by atoms with Crippen LogP contribution in [-0.4, -0.2) is 5.91 Å². The summed E-state index contributed by atoms with van der Waals surface area (Å²) in [6, 6.07) is 3.06. The summed E-state index contributed by atoms with van der Waals surface area (Å²) in [6.07, 6.45) is 0.736. The zero-order valence-corrected chi connectivity index (χ0v) is 10.3. The van der Waals surface area contributed by atoms with Crippen LogP contribution < -0.4 is 11.1 Å². The van der Waals surface area contributed by atoms with Gasteiger partial charge in [-0.05, 0) is 37.5 Å². The van der Waals surface area contributed by atoms with E-state index in [0.717, 1.165) is 12.0 Å². The van der Waals surface area contributed by atoms with Gasteiger partial charge in [-0.3, -0.25) is 4.79 Å². The van der Waals surface area contributed by atoms with Crippen molar-refractivity contribution >= 4 is 11.6 Å². The van der Waals surface area contributed by atoms with E-state index in [4.69, 9.17) is 5.73 Å². The SMILES string of the molecule is CCC(N)c1cc(F)c2c(c1)C(C)(C)C(=O)N2. The highest BCUT2D eigenvalue weighted by atomic mass is 19.1. The van der Waals surface area contributed by atoms with Gasteiger partial charge in [0.2, 0.25) is 5.91 Å². The molecule has 3 nitrogen and oxygen atoms in total. The summed E-state index contributed by atoms with van der Waals surface area (Å²) in [5.74, 6) is -0.575. The smallest absolute Gasteiger partial charge is 0.234 e. The Morgan fingerprint density at radius 1 is 1.47 bits per heavy atom. The third-order valence-corrected chi connectivity index (χ3v) is 3.46. The second-order valence-corrected chi connectivity index (χ2v) is 5.02. The lowest BCUT2D eigenvalue weighted by molar-refractivity contribution is -0.119. The number of hydrogen-bond donors (Lipinski definition) is 2. The van der Waals surface area contributed by atoms with Crippen molar-refractivity contribution in [3.05, 3.63) is 29.1 Å². The molecule has 0 aromatic heterocycles. The topological polar surface area (TPSA) is 55.1 Å². The molecule has 1 heterocycles. The molecule has 0 fully saturated rings. The quantitative estimate of drug-likeness (QED) is 0.828. The van der Waals surface area contributed by atoms with Crippen molar-refractivity contribution in [2.24, 2.45) is 5.73 Å². The van der Waals surface area contributed by atoms with E-state index in [9.17, 15) is 9.18 Å². The number of rotatable bonds is 2. The third-order valence-electron chi connectivity index (χ3n) is 3.46. The largest absolute Gasteiger partial charge is 0.324 e. The number of fused-ring (bicyclic) bond motifs is 1. The van der Waals surface area contributed by atoms with Crippen molar-refractivity contribution in [2.75, 3.05) is 5.32 Å². The molecule has 0 spiro atoms. The maximum atomic E-state index is 13.9. The minimum absolute atomic E-state index is 0.173. The maximum absolute atomic E-state index is 13.9. The molecular weight excluding hydrogens is 219 g/mol. The molecule has 92 valence electrons. The summed E-state index contributed by atoms with van der Waals surface area (Å²) in [4.78, 5) is 11.7. The standard InChI is InChI=1S/C13H17FN2O/c1-4-10(15)7-5-8-11(9(14)6-7)16-12(17)13(8,2)3/h5-6,10H,4,15H2,1-3H3,(H,16,17). The van der Waals surface area contributed by atoms with Crippen molar-refractivity contribution < 1.29 is 9.18 Å². The molecule has 1 atom stereocenters. The number of hydrogen-bond acceptors (Lipinski definition) is 2. The minimum Gasteiger partial charge on any atom is -0.324 e. The van der Waals surface area contributed by atoms with Crippen LogP contribution in [0, 0.1) is 5.82 Å². The van der Waals surface area contributed by atoms with E-state index < -0.39 is 11.2 Å². The lowest BCUT2D eigenvalue weighted by Gasteiger charge is -2.17. The molecule has 4 heteroatoms. The van der Waals surface area contributed by atoms with E-state index in [2.05, 4.69) is 5.32 Å². The average molecular weight is 236 g/mol. The van der Waals surface area contributed by atoms with Crippen molar-refractivity contribution in [1.82, 2.24) is 0 Å². The Morgan fingerprint density at radius 2 is 2.12 bits per heavy atom. The van der Waals surface area contributed by atoms with Crippen molar-refractivity contribution in [2.45, 2.75) is 38.6 Å².